The molecule has 3 N–H and O–H groups in total. The predicted molar refractivity (Wildman–Crippen MR) is 71.8 cm³/mol. The van der Waals surface area contributed by atoms with Crippen molar-refractivity contribution in [2.24, 2.45) is 0 Å². The van der Waals surface area contributed by atoms with E-state index in [1.807, 2.05) is 25.1 Å². The largest absolute Gasteiger partial charge is 0.323 e. The van der Waals surface area contributed by atoms with E-state index in [4.69, 9.17) is 0 Å². The van der Waals surface area contributed by atoms with Crippen LogP contribution in [0.1, 0.15) is 18.1 Å². The number of nitrogens with one attached hydrogen (secondary N) is 3. The first-order valence-corrected chi connectivity index (χ1v) is 5.86. The second kappa shape index (κ2) is 5.35. The molecule has 0 radical (unpaired) electrons. The van der Waals surface area contributed by atoms with Gasteiger partial charge in [0.05, 0.1) is 11.9 Å². The van der Waals surface area contributed by atoms with Crippen LogP contribution in [-0.2, 0) is 6.42 Å². The number of hydrogen-bond acceptors (Lipinski definition) is 2. The number of anilines is 2. The molecule has 2 amide bonds. The van der Waals surface area contributed by atoms with Gasteiger partial charge in [-0.1, -0.05) is 25.1 Å². The van der Waals surface area contributed by atoms with Crippen LogP contribution in [0.5, 0.6) is 0 Å². The molecule has 0 aliphatic carbocycles. The standard InChI is InChI=1S/C13H16N4O/c1-3-10-6-4-5-9(2)12(10)17-13(18)16-11-7-14-15-8-11/h4-8H,3H2,1-2H3,(H,14,15)(H2,16,17,18). The average molecular weight is 244 g/mol. The lowest BCUT2D eigenvalue weighted by atomic mass is 10.1. The number of amides is 2. The molecule has 0 atom stereocenters. The third kappa shape index (κ3) is 2.68. The topological polar surface area (TPSA) is 69.8 Å². The lowest BCUT2D eigenvalue weighted by molar-refractivity contribution is 0.262. The van der Waals surface area contributed by atoms with Gasteiger partial charge in [0.15, 0.2) is 0 Å². The third-order valence-electron chi connectivity index (χ3n) is 2.73. The fourth-order valence-electron chi connectivity index (χ4n) is 1.80. The SMILES string of the molecule is CCc1cccc(C)c1NC(=O)Nc1cn[nH]c1. The number of hydrogen-bond donors (Lipinski definition) is 3. The van der Waals surface area contributed by atoms with Gasteiger partial charge in [-0.25, -0.2) is 4.79 Å². The number of para-hydroxylation sites is 1. The van der Waals surface area contributed by atoms with E-state index in [1.54, 1.807) is 12.4 Å². The fraction of sp³-hybridized carbons (Fsp3) is 0.231. The Labute approximate surface area is 106 Å². The monoisotopic (exact) mass is 244 g/mol. The number of H-pyrrole nitrogens is 1. The summed E-state index contributed by atoms with van der Waals surface area (Å²) in [7, 11) is 0. The Bertz CT molecular complexity index is 534. The average Bonchev–Trinajstić information content (AvgIpc) is 2.84. The molecule has 94 valence electrons. The van der Waals surface area contributed by atoms with Gasteiger partial charge in [-0.15, -0.1) is 0 Å². The molecular weight excluding hydrogens is 228 g/mol. The number of urea groups is 1. The Morgan fingerprint density at radius 2 is 2.22 bits per heavy atom. The zero-order valence-electron chi connectivity index (χ0n) is 10.4. The van der Waals surface area contributed by atoms with Crippen LogP contribution in [0.3, 0.4) is 0 Å². The quantitative estimate of drug-likeness (QED) is 0.777. The van der Waals surface area contributed by atoms with E-state index in [0.717, 1.165) is 23.2 Å². The maximum atomic E-state index is 11.8. The molecule has 0 saturated carbocycles. The molecule has 0 aliphatic heterocycles. The first-order valence-electron chi connectivity index (χ1n) is 5.86. The van der Waals surface area contributed by atoms with Gasteiger partial charge in [0.2, 0.25) is 0 Å². The van der Waals surface area contributed by atoms with Gasteiger partial charge in [0, 0.05) is 11.9 Å². The summed E-state index contributed by atoms with van der Waals surface area (Å²) in [6.45, 7) is 4.04. The highest BCUT2D eigenvalue weighted by molar-refractivity contribution is 6.00. The number of aromatic amines is 1. The highest BCUT2D eigenvalue weighted by Crippen LogP contribution is 2.21. The molecule has 0 unspecified atom stereocenters. The van der Waals surface area contributed by atoms with Crippen LogP contribution in [0.25, 0.3) is 0 Å². The maximum absolute atomic E-state index is 11.8. The molecule has 0 aliphatic rings. The molecular formula is C13H16N4O. The maximum Gasteiger partial charge on any atom is 0.323 e. The lowest BCUT2D eigenvalue weighted by Crippen LogP contribution is -2.20. The van der Waals surface area contributed by atoms with Crippen LogP contribution in [0.2, 0.25) is 0 Å². The van der Waals surface area contributed by atoms with Crippen LogP contribution >= 0.6 is 0 Å². The lowest BCUT2D eigenvalue weighted by Gasteiger charge is -2.13. The minimum Gasteiger partial charge on any atom is -0.307 e. The van der Waals surface area contributed by atoms with Crippen molar-refractivity contribution in [2.45, 2.75) is 20.3 Å². The van der Waals surface area contributed by atoms with Crippen molar-refractivity contribution >= 4 is 17.4 Å². The number of rotatable bonds is 3. The van der Waals surface area contributed by atoms with Crippen molar-refractivity contribution in [3.8, 4) is 0 Å². The Hall–Kier alpha value is -2.30. The smallest absolute Gasteiger partial charge is 0.307 e. The normalized spacial score (nSPS) is 10.1. The van der Waals surface area contributed by atoms with Crippen molar-refractivity contribution < 1.29 is 4.79 Å². The van der Waals surface area contributed by atoms with E-state index in [1.165, 1.54) is 0 Å². The summed E-state index contributed by atoms with van der Waals surface area (Å²) in [6.07, 6.45) is 4.05. The van der Waals surface area contributed by atoms with Gasteiger partial charge < -0.3 is 10.6 Å². The zero-order valence-corrected chi connectivity index (χ0v) is 10.4. The van der Waals surface area contributed by atoms with Crippen molar-refractivity contribution in [3.63, 3.8) is 0 Å². The first kappa shape index (κ1) is 12.2. The molecule has 1 heterocycles. The van der Waals surface area contributed by atoms with Gasteiger partial charge in [-0.2, -0.15) is 5.10 Å². The van der Waals surface area contributed by atoms with Crippen molar-refractivity contribution in [1.29, 1.82) is 0 Å². The molecule has 2 rings (SSSR count). The van der Waals surface area contributed by atoms with Crippen molar-refractivity contribution in [1.82, 2.24) is 10.2 Å². The van der Waals surface area contributed by atoms with E-state index < -0.39 is 0 Å². The Morgan fingerprint density at radius 3 is 2.89 bits per heavy atom. The summed E-state index contributed by atoms with van der Waals surface area (Å²) >= 11 is 0. The van der Waals surface area contributed by atoms with Crippen LogP contribution in [0, 0.1) is 6.92 Å². The number of nitrogens with zero attached hydrogens (tertiary/aromatic N) is 1. The summed E-state index contributed by atoms with van der Waals surface area (Å²) in [5.41, 5.74) is 3.69. The highest BCUT2D eigenvalue weighted by Gasteiger charge is 2.08. The zero-order chi connectivity index (χ0) is 13.0. The molecule has 5 heteroatoms. The van der Waals surface area contributed by atoms with Gasteiger partial charge in [-0.05, 0) is 24.5 Å². The van der Waals surface area contributed by atoms with Crippen molar-refractivity contribution in [2.75, 3.05) is 10.6 Å². The Kier molecular flexibility index (Phi) is 3.62. The predicted octanol–water partition coefficient (Wildman–Crippen LogP) is 2.92. The van der Waals surface area contributed by atoms with Crippen LogP contribution in [0.4, 0.5) is 16.2 Å². The number of aromatic nitrogens is 2. The second-order valence-electron chi connectivity index (χ2n) is 4.03. The van der Waals surface area contributed by atoms with Gasteiger partial charge in [0.25, 0.3) is 0 Å². The summed E-state index contributed by atoms with van der Waals surface area (Å²) < 4.78 is 0. The van der Waals surface area contributed by atoms with Crippen LogP contribution < -0.4 is 10.6 Å². The molecule has 0 spiro atoms. The Balaban J connectivity index is 2.11. The number of carbonyl (C=O) groups excluding carboxylic acids is 1. The van der Waals surface area contributed by atoms with E-state index >= 15 is 0 Å². The van der Waals surface area contributed by atoms with Gasteiger partial charge in [0.1, 0.15) is 0 Å². The van der Waals surface area contributed by atoms with E-state index in [9.17, 15) is 4.79 Å². The molecule has 5 nitrogen and oxygen atoms in total. The number of aryl methyl sites for hydroxylation is 2. The van der Waals surface area contributed by atoms with Gasteiger partial charge >= 0.3 is 6.03 Å². The molecule has 1 aromatic carbocycles. The van der Waals surface area contributed by atoms with E-state index in [0.29, 0.717) is 5.69 Å². The molecule has 1 aromatic heterocycles. The molecule has 0 saturated heterocycles. The van der Waals surface area contributed by atoms with Crippen molar-refractivity contribution in [3.05, 3.63) is 41.7 Å². The number of benzene rings is 1. The fourth-order valence-corrected chi connectivity index (χ4v) is 1.80. The van der Waals surface area contributed by atoms with Gasteiger partial charge in [-0.3, -0.25) is 5.10 Å². The first-order chi connectivity index (χ1) is 8.70. The van der Waals surface area contributed by atoms with Crippen LogP contribution in [-0.4, -0.2) is 16.2 Å². The summed E-state index contributed by atoms with van der Waals surface area (Å²) in [4.78, 5) is 11.8. The Morgan fingerprint density at radius 1 is 1.39 bits per heavy atom. The number of carbonyl (C=O) groups is 1. The second-order valence-corrected chi connectivity index (χ2v) is 4.03. The highest BCUT2D eigenvalue weighted by atomic mass is 16.2. The van der Waals surface area contributed by atoms with E-state index in [2.05, 4.69) is 27.8 Å². The molecule has 0 fully saturated rings. The third-order valence-corrected chi connectivity index (χ3v) is 2.73. The van der Waals surface area contributed by atoms with Crippen LogP contribution in [0.15, 0.2) is 30.6 Å². The van der Waals surface area contributed by atoms with E-state index in [-0.39, 0.29) is 6.03 Å². The molecule has 2 aromatic rings. The molecule has 0 bridgehead atoms. The summed E-state index contributed by atoms with van der Waals surface area (Å²) in [5.74, 6) is 0. The summed E-state index contributed by atoms with van der Waals surface area (Å²) in [6, 6.07) is 5.72. The minimum atomic E-state index is -0.264. The summed E-state index contributed by atoms with van der Waals surface area (Å²) in [5, 5.41) is 12.0. The minimum absolute atomic E-state index is 0.264. The molecule has 18 heavy (non-hydrogen) atoms.